The number of benzene rings is 2. The van der Waals surface area contributed by atoms with Crippen LogP contribution in [0.5, 0.6) is 0 Å². The van der Waals surface area contributed by atoms with Crippen LogP contribution in [0, 0.1) is 10.1 Å². The number of carbonyl (C=O) groups is 1. The maximum atomic E-state index is 13.1. The molecule has 0 saturated heterocycles. The van der Waals surface area contributed by atoms with Gasteiger partial charge in [0.25, 0.3) is 0 Å². The summed E-state index contributed by atoms with van der Waals surface area (Å²) < 4.78 is 5.77. The van der Waals surface area contributed by atoms with E-state index in [2.05, 4.69) is 10.6 Å². The Kier molecular flexibility index (Phi) is 5.27. The number of hydrogen-bond acceptors (Lipinski definition) is 7. The molecule has 1 amide bonds. The van der Waals surface area contributed by atoms with Crippen LogP contribution in [0.3, 0.4) is 0 Å². The van der Waals surface area contributed by atoms with E-state index in [1.54, 1.807) is 24.3 Å². The van der Waals surface area contributed by atoms with Crippen molar-refractivity contribution in [1.29, 1.82) is 0 Å². The van der Waals surface area contributed by atoms with Gasteiger partial charge in [-0.1, -0.05) is 12.1 Å². The number of carbonyl (C=O) groups excluding carboxylic acids is 1. The number of nitro benzene ring substituents is 1. The first-order valence-electron chi connectivity index (χ1n) is 8.62. The van der Waals surface area contributed by atoms with Gasteiger partial charge in [-0.2, -0.15) is 0 Å². The zero-order valence-electron chi connectivity index (χ0n) is 15.7. The molecule has 0 unspecified atom stereocenters. The van der Waals surface area contributed by atoms with Crippen molar-refractivity contribution in [2.45, 2.75) is 6.92 Å². The fourth-order valence-electron chi connectivity index (χ4n) is 2.98. The molecule has 0 atom stereocenters. The van der Waals surface area contributed by atoms with Gasteiger partial charge in [0.15, 0.2) is 0 Å². The fourth-order valence-corrected chi connectivity index (χ4v) is 2.98. The average molecular weight is 384 g/mol. The Morgan fingerprint density at radius 1 is 1.25 bits per heavy atom. The molecule has 0 aliphatic carbocycles. The minimum Gasteiger partial charge on any atom is -0.448 e. The summed E-state index contributed by atoms with van der Waals surface area (Å²) in [6.07, 6.45) is 0. The largest absolute Gasteiger partial charge is 0.448 e. The van der Waals surface area contributed by atoms with Crippen molar-refractivity contribution in [1.82, 2.24) is 4.90 Å². The van der Waals surface area contributed by atoms with E-state index in [0.717, 1.165) is 0 Å². The van der Waals surface area contributed by atoms with Crippen molar-refractivity contribution in [2.24, 2.45) is 0 Å². The van der Waals surface area contributed by atoms with E-state index in [9.17, 15) is 19.7 Å². The zero-order chi connectivity index (χ0) is 20.4. The average Bonchev–Trinajstić information content (AvgIpc) is 2.60. The third kappa shape index (κ3) is 3.65. The summed E-state index contributed by atoms with van der Waals surface area (Å²) in [5, 5.41) is 17.7. The number of hydrogen-bond donors (Lipinski definition) is 2. The molecule has 0 fully saturated rings. The van der Waals surface area contributed by atoms with E-state index in [1.807, 2.05) is 19.0 Å². The number of anilines is 2. The topological polar surface area (TPSA) is 118 Å². The van der Waals surface area contributed by atoms with Crippen molar-refractivity contribution in [3.63, 3.8) is 0 Å². The summed E-state index contributed by atoms with van der Waals surface area (Å²) in [5.74, 6) is -0.468. The molecule has 0 aliphatic heterocycles. The summed E-state index contributed by atoms with van der Waals surface area (Å²) in [5.41, 5.74) is -0.427. The molecular weight excluding hydrogens is 364 g/mol. The van der Waals surface area contributed by atoms with Crippen LogP contribution in [0.25, 0.3) is 21.9 Å². The van der Waals surface area contributed by atoms with Gasteiger partial charge in [-0.3, -0.25) is 19.7 Å². The molecular formula is C19H20N4O5. The van der Waals surface area contributed by atoms with Gasteiger partial charge in [-0.25, -0.2) is 0 Å². The van der Waals surface area contributed by atoms with Crippen molar-refractivity contribution >= 4 is 44.9 Å². The first kappa shape index (κ1) is 19.3. The molecule has 0 bridgehead atoms. The smallest absolute Gasteiger partial charge is 0.335 e. The molecule has 9 nitrogen and oxygen atoms in total. The van der Waals surface area contributed by atoms with Crippen molar-refractivity contribution < 1.29 is 14.1 Å². The molecule has 2 N–H and O–H groups in total. The highest BCUT2D eigenvalue weighted by Gasteiger charge is 2.27. The second-order valence-corrected chi connectivity index (χ2v) is 6.62. The molecule has 28 heavy (non-hydrogen) atoms. The van der Waals surface area contributed by atoms with E-state index >= 15 is 0 Å². The molecule has 1 aromatic heterocycles. The van der Waals surface area contributed by atoms with Crippen LogP contribution < -0.4 is 16.1 Å². The summed E-state index contributed by atoms with van der Waals surface area (Å²) in [6.45, 7) is 2.42. The van der Waals surface area contributed by atoms with Crippen LogP contribution in [0.2, 0.25) is 0 Å². The summed E-state index contributed by atoms with van der Waals surface area (Å²) in [7, 11) is 3.81. The number of nitrogens with one attached hydrogen (secondary N) is 2. The first-order valence-corrected chi connectivity index (χ1v) is 8.62. The minimum atomic E-state index is -0.658. The third-order valence-corrected chi connectivity index (χ3v) is 4.19. The van der Waals surface area contributed by atoms with E-state index in [1.165, 1.54) is 13.0 Å². The third-order valence-electron chi connectivity index (χ3n) is 4.19. The monoisotopic (exact) mass is 384 g/mol. The van der Waals surface area contributed by atoms with Gasteiger partial charge in [0.05, 0.1) is 21.4 Å². The molecule has 3 aromatic rings. The zero-order valence-corrected chi connectivity index (χ0v) is 15.7. The van der Waals surface area contributed by atoms with E-state index in [0.29, 0.717) is 24.2 Å². The van der Waals surface area contributed by atoms with E-state index < -0.39 is 16.5 Å². The maximum absolute atomic E-state index is 13.1. The van der Waals surface area contributed by atoms with Crippen LogP contribution in [0.1, 0.15) is 6.92 Å². The van der Waals surface area contributed by atoms with Gasteiger partial charge in [0.2, 0.25) is 16.9 Å². The van der Waals surface area contributed by atoms with Crippen molar-refractivity contribution in [3.05, 3.63) is 50.7 Å². The number of para-hydroxylation sites is 1. The van der Waals surface area contributed by atoms with Crippen LogP contribution in [0.4, 0.5) is 17.1 Å². The lowest BCUT2D eigenvalue weighted by molar-refractivity contribution is -0.382. The molecule has 9 heteroatoms. The van der Waals surface area contributed by atoms with Crippen LogP contribution in [-0.2, 0) is 4.79 Å². The lowest BCUT2D eigenvalue weighted by Crippen LogP contribution is -2.21. The Hall–Kier alpha value is -3.46. The number of nitro groups is 1. The second-order valence-electron chi connectivity index (χ2n) is 6.62. The van der Waals surface area contributed by atoms with Crippen LogP contribution in [-0.4, -0.2) is 42.9 Å². The number of fused-ring (bicyclic) bond motifs is 2. The highest BCUT2D eigenvalue weighted by atomic mass is 16.6. The molecule has 146 valence electrons. The lowest BCUT2D eigenvalue weighted by atomic mass is 10.1. The Bertz CT molecular complexity index is 1140. The number of nitrogens with zero attached hydrogens (tertiary/aromatic N) is 2. The van der Waals surface area contributed by atoms with Crippen molar-refractivity contribution in [3.8, 4) is 0 Å². The highest BCUT2D eigenvalue weighted by molar-refractivity contribution is 6.07. The number of amides is 1. The molecule has 0 aliphatic rings. The number of likely N-dealkylation sites (N-methyl/N-ethyl adjacent to an activating group) is 1. The SMILES string of the molecule is CC(=O)Nc1cc(NCCN(C)C)c2c(=O)c3ccccc3oc2c1[N+](=O)[O-]. The summed E-state index contributed by atoms with van der Waals surface area (Å²) in [6, 6.07) is 7.96. The summed E-state index contributed by atoms with van der Waals surface area (Å²) in [4.78, 5) is 37.7. The minimum absolute atomic E-state index is 0.0317. The number of rotatable bonds is 6. The molecule has 3 rings (SSSR count). The van der Waals surface area contributed by atoms with Gasteiger partial charge < -0.3 is 20.0 Å². The molecule has 0 saturated carbocycles. The predicted molar refractivity (Wildman–Crippen MR) is 108 cm³/mol. The lowest BCUT2D eigenvalue weighted by Gasteiger charge is -2.15. The normalized spacial score (nSPS) is 11.1. The molecule has 2 aromatic carbocycles. The van der Waals surface area contributed by atoms with E-state index in [-0.39, 0.29) is 27.7 Å². The van der Waals surface area contributed by atoms with Gasteiger partial charge in [0, 0.05) is 20.0 Å². The standard InChI is InChI=1S/C19H20N4O5/c1-11(24)21-14-10-13(20-8-9-22(2)3)16-18(25)12-6-4-5-7-15(12)28-19(16)17(14)23(26)27/h4-7,10,20H,8-9H2,1-3H3,(H,21,24). The Morgan fingerprint density at radius 3 is 2.61 bits per heavy atom. The molecule has 0 radical (unpaired) electrons. The summed E-state index contributed by atoms with van der Waals surface area (Å²) >= 11 is 0. The quantitative estimate of drug-likeness (QED) is 0.381. The fraction of sp³-hybridized carbons (Fsp3) is 0.263. The van der Waals surface area contributed by atoms with Crippen LogP contribution in [0.15, 0.2) is 39.5 Å². The Morgan fingerprint density at radius 2 is 1.96 bits per heavy atom. The van der Waals surface area contributed by atoms with Crippen LogP contribution >= 0.6 is 0 Å². The molecule has 0 spiro atoms. The van der Waals surface area contributed by atoms with Gasteiger partial charge >= 0.3 is 5.69 Å². The van der Waals surface area contributed by atoms with Gasteiger partial charge in [-0.05, 0) is 32.3 Å². The van der Waals surface area contributed by atoms with Gasteiger partial charge in [0.1, 0.15) is 11.3 Å². The predicted octanol–water partition coefficient (Wildman–Crippen LogP) is 2.79. The van der Waals surface area contributed by atoms with E-state index in [4.69, 9.17) is 4.42 Å². The van der Waals surface area contributed by atoms with Crippen molar-refractivity contribution in [2.75, 3.05) is 37.8 Å². The first-order chi connectivity index (χ1) is 13.3. The van der Waals surface area contributed by atoms with Gasteiger partial charge in [-0.15, -0.1) is 0 Å². The second kappa shape index (κ2) is 7.65. The Balaban J connectivity index is 2.37. The Labute approximate surface area is 160 Å². The highest BCUT2D eigenvalue weighted by Crippen LogP contribution is 2.38. The maximum Gasteiger partial charge on any atom is 0.335 e. The molecule has 1 heterocycles.